The lowest BCUT2D eigenvalue weighted by Crippen LogP contribution is -2.38. The van der Waals surface area contributed by atoms with Gasteiger partial charge in [0.05, 0.1) is 5.69 Å². The first-order valence-corrected chi connectivity index (χ1v) is 7.84. The largest absolute Gasteiger partial charge is 0.398 e. The van der Waals surface area contributed by atoms with Gasteiger partial charge in [0, 0.05) is 6.04 Å². The molecule has 1 aromatic carbocycles. The number of sulfonamides is 1. The summed E-state index contributed by atoms with van der Waals surface area (Å²) in [7, 11) is -3.49. The van der Waals surface area contributed by atoms with Gasteiger partial charge in [0.1, 0.15) is 4.90 Å². The van der Waals surface area contributed by atoms with Crippen molar-refractivity contribution in [2.24, 2.45) is 5.92 Å². The van der Waals surface area contributed by atoms with Crippen molar-refractivity contribution >= 4 is 15.7 Å². The summed E-state index contributed by atoms with van der Waals surface area (Å²) >= 11 is 0. The van der Waals surface area contributed by atoms with Crippen LogP contribution < -0.4 is 10.5 Å². The molecule has 1 aromatic rings. The van der Waals surface area contributed by atoms with Crippen LogP contribution in [-0.4, -0.2) is 14.5 Å². The molecular weight excluding hydrogens is 248 g/mol. The van der Waals surface area contributed by atoms with Gasteiger partial charge in [-0.3, -0.25) is 0 Å². The van der Waals surface area contributed by atoms with E-state index in [4.69, 9.17) is 5.73 Å². The van der Waals surface area contributed by atoms with Gasteiger partial charge in [-0.1, -0.05) is 31.9 Å². The van der Waals surface area contributed by atoms with Gasteiger partial charge in [0.2, 0.25) is 10.0 Å². The Kier molecular flexibility index (Phi) is 3.92. The summed E-state index contributed by atoms with van der Waals surface area (Å²) < 4.78 is 27.2. The predicted octanol–water partition coefficient (Wildman–Crippen LogP) is 2.13. The third-order valence-electron chi connectivity index (χ3n) is 3.47. The van der Waals surface area contributed by atoms with E-state index >= 15 is 0 Å². The molecule has 0 saturated heterocycles. The minimum atomic E-state index is -3.49. The molecule has 0 bridgehead atoms. The Labute approximate surface area is 109 Å². The van der Waals surface area contributed by atoms with Gasteiger partial charge in [-0.2, -0.15) is 0 Å². The summed E-state index contributed by atoms with van der Waals surface area (Å²) in [4.78, 5) is 0.184. The van der Waals surface area contributed by atoms with Gasteiger partial charge in [-0.15, -0.1) is 0 Å². The fraction of sp³-hybridized carbons (Fsp3) is 0.538. The molecule has 4 nitrogen and oxygen atoms in total. The van der Waals surface area contributed by atoms with E-state index in [2.05, 4.69) is 11.6 Å². The zero-order chi connectivity index (χ0) is 13.2. The molecule has 0 spiro atoms. The fourth-order valence-electron chi connectivity index (χ4n) is 2.55. The number of nitrogens with two attached hydrogens (primary N) is 1. The second-order valence-corrected chi connectivity index (χ2v) is 6.81. The highest BCUT2D eigenvalue weighted by Gasteiger charge is 2.25. The van der Waals surface area contributed by atoms with Gasteiger partial charge in [0.15, 0.2) is 0 Å². The molecule has 18 heavy (non-hydrogen) atoms. The third-order valence-corrected chi connectivity index (χ3v) is 5.06. The molecule has 0 heterocycles. The first kappa shape index (κ1) is 13.4. The van der Waals surface area contributed by atoms with Crippen molar-refractivity contribution < 1.29 is 8.42 Å². The molecule has 1 fully saturated rings. The fourth-order valence-corrected chi connectivity index (χ4v) is 3.97. The van der Waals surface area contributed by atoms with E-state index in [-0.39, 0.29) is 10.9 Å². The zero-order valence-corrected chi connectivity index (χ0v) is 11.4. The van der Waals surface area contributed by atoms with Gasteiger partial charge < -0.3 is 5.73 Å². The van der Waals surface area contributed by atoms with Crippen molar-refractivity contribution in [3.05, 3.63) is 24.3 Å². The monoisotopic (exact) mass is 268 g/mol. The lowest BCUT2D eigenvalue weighted by molar-refractivity contribution is 0.327. The second kappa shape index (κ2) is 5.28. The zero-order valence-electron chi connectivity index (χ0n) is 10.6. The number of anilines is 1. The SMILES string of the molecule is CC1CCCC(NS(=O)(=O)c2ccccc2N)C1. The minimum absolute atomic E-state index is 0.0401. The summed E-state index contributed by atoms with van der Waals surface area (Å²) in [6, 6.07) is 6.62. The number of rotatable bonds is 3. The summed E-state index contributed by atoms with van der Waals surface area (Å²) in [6.07, 6.45) is 4.09. The molecule has 5 heteroatoms. The van der Waals surface area contributed by atoms with Crippen LogP contribution in [0.15, 0.2) is 29.2 Å². The molecule has 0 radical (unpaired) electrons. The van der Waals surface area contributed by atoms with Crippen LogP contribution >= 0.6 is 0 Å². The van der Waals surface area contributed by atoms with Crippen molar-refractivity contribution in [2.45, 2.75) is 43.5 Å². The van der Waals surface area contributed by atoms with E-state index in [1.807, 2.05) is 0 Å². The van der Waals surface area contributed by atoms with E-state index < -0.39 is 10.0 Å². The van der Waals surface area contributed by atoms with Crippen LogP contribution in [0.2, 0.25) is 0 Å². The highest BCUT2D eigenvalue weighted by atomic mass is 32.2. The van der Waals surface area contributed by atoms with Gasteiger partial charge >= 0.3 is 0 Å². The number of hydrogen-bond donors (Lipinski definition) is 2. The number of benzene rings is 1. The first-order chi connectivity index (χ1) is 8.49. The molecule has 2 atom stereocenters. The van der Waals surface area contributed by atoms with Gasteiger partial charge in [-0.25, -0.2) is 13.1 Å². The highest BCUT2D eigenvalue weighted by Crippen LogP contribution is 2.25. The van der Waals surface area contributed by atoms with Crippen LogP contribution in [0.1, 0.15) is 32.6 Å². The molecule has 1 saturated carbocycles. The average Bonchev–Trinajstić information content (AvgIpc) is 2.28. The van der Waals surface area contributed by atoms with E-state index in [1.54, 1.807) is 24.3 Å². The van der Waals surface area contributed by atoms with Crippen molar-refractivity contribution in [3.8, 4) is 0 Å². The smallest absolute Gasteiger partial charge is 0.242 e. The van der Waals surface area contributed by atoms with Crippen LogP contribution in [-0.2, 0) is 10.0 Å². The molecule has 0 aromatic heterocycles. The van der Waals surface area contributed by atoms with Crippen LogP contribution in [0.4, 0.5) is 5.69 Å². The van der Waals surface area contributed by atoms with E-state index in [1.165, 1.54) is 6.42 Å². The van der Waals surface area contributed by atoms with Crippen LogP contribution in [0.3, 0.4) is 0 Å². The minimum Gasteiger partial charge on any atom is -0.398 e. The molecule has 2 rings (SSSR count). The second-order valence-electron chi connectivity index (χ2n) is 5.13. The Bertz CT molecular complexity index is 513. The maximum atomic E-state index is 12.2. The maximum Gasteiger partial charge on any atom is 0.242 e. The van der Waals surface area contributed by atoms with Crippen LogP contribution in [0.25, 0.3) is 0 Å². The molecule has 100 valence electrons. The quantitative estimate of drug-likeness (QED) is 0.825. The molecule has 0 aliphatic heterocycles. The summed E-state index contributed by atoms with van der Waals surface area (Å²) in [5.74, 6) is 0.583. The van der Waals surface area contributed by atoms with Crippen molar-refractivity contribution in [2.75, 3.05) is 5.73 Å². The Morgan fingerprint density at radius 1 is 1.28 bits per heavy atom. The van der Waals surface area contributed by atoms with Crippen molar-refractivity contribution in [1.29, 1.82) is 0 Å². The summed E-state index contributed by atoms with van der Waals surface area (Å²) in [6.45, 7) is 2.16. The van der Waals surface area contributed by atoms with Crippen LogP contribution in [0, 0.1) is 5.92 Å². The number of nitrogens with one attached hydrogen (secondary N) is 1. The lowest BCUT2D eigenvalue weighted by atomic mass is 9.88. The Morgan fingerprint density at radius 2 is 2.00 bits per heavy atom. The van der Waals surface area contributed by atoms with Crippen molar-refractivity contribution in [1.82, 2.24) is 4.72 Å². The number of hydrogen-bond acceptors (Lipinski definition) is 3. The Hall–Kier alpha value is -1.07. The molecule has 0 amide bonds. The first-order valence-electron chi connectivity index (χ1n) is 6.36. The highest BCUT2D eigenvalue weighted by molar-refractivity contribution is 7.89. The maximum absolute atomic E-state index is 12.2. The third kappa shape index (κ3) is 3.03. The van der Waals surface area contributed by atoms with E-state index in [0.29, 0.717) is 11.6 Å². The molecule has 1 aliphatic rings. The average molecular weight is 268 g/mol. The van der Waals surface area contributed by atoms with Gasteiger partial charge in [-0.05, 0) is 30.9 Å². The van der Waals surface area contributed by atoms with E-state index in [0.717, 1.165) is 19.3 Å². The number of nitrogen functional groups attached to an aromatic ring is 1. The predicted molar refractivity (Wildman–Crippen MR) is 72.6 cm³/mol. The Balaban J connectivity index is 2.15. The molecule has 3 N–H and O–H groups in total. The summed E-state index contributed by atoms with van der Waals surface area (Å²) in [5.41, 5.74) is 6.02. The van der Waals surface area contributed by atoms with Gasteiger partial charge in [0.25, 0.3) is 0 Å². The van der Waals surface area contributed by atoms with Crippen LogP contribution in [0.5, 0.6) is 0 Å². The topological polar surface area (TPSA) is 72.2 Å². The Morgan fingerprint density at radius 3 is 2.67 bits per heavy atom. The van der Waals surface area contributed by atoms with Crippen molar-refractivity contribution in [3.63, 3.8) is 0 Å². The van der Waals surface area contributed by atoms with E-state index in [9.17, 15) is 8.42 Å². The number of para-hydroxylation sites is 1. The normalized spacial score (nSPS) is 24.9. The molecule has 2 unspecified atom stereocenters. The lowest BCUT2D eigenvalue weighted by Gasteiger charge is -2.27. The molecule has 1 aliphatic carbocycles. The summed E-state index contributed by atoms with van der Waals surface area (Å²) in [5, 5.41) is 0. The molecular formula is C13H20N2O2S. The standard InChI is InChI=1S/C13H20N2O2S/c1-10-5-4-6-11(9-10)15-18(16,17)13-8-3-2-7-12(13)14/h2-3,7-8,10-11,15H,4-6,9,14H2,1H3.